The Labute approximate surface area is 177 Å². The Hall–Kier alpha value is -3.10. The second-order valence-corrected chi connectivity index (χ2v) is 7.76. The van der Waals surface area contributed by atoms with Crippen LogP contribution in [0.25, 0.3) is 5.65 Å². The van der Waals surface area contributed by atoms with Crippen LogP contribution in [0.3, 0.4) is 0 Å². The molecule has 1 aromatic carbocycles. The van der Waals surface area contributed by atoms with Crippen LogP contribution < -0.4 is 4.74 Å². The Morgan fingerprint density at radius 1 is 1.26 bits per heavy atom. The molecule has 9 heteroatoms. The van der Waals surface area contributed by atoms with Crippen LogP contribution in [0.15, 0.2) is 36.4 Å². The van der Waals surface area contributed by atoms with E-state index >= 15 is 0 Å². The molecular weight excluding hydrogens is 409 g/mol. The molecule has 0 unspecified atom stereocenters. The summed E-state index contributed by atoms with van der Waals surface area (Å²) in [5.41, 5.74) is 1.11. The minimum absolute atomic E-state index is 0.0159. The van der Waals surface area contributed by atoms with Gasteiger partial charge in [0.05, 0.1) is 12.8 Å². The molecule has 6 nitrogen and oxygen atoms in total. The zero-order valence-corrected chi connectivity index (χ0v) is 17.3. The minimum Gasteiger partial charge on any atom is -0.496 e. The van der Waals surface area contributed by atoms with E-state index in [1.807, 2.05) is 24.3 Å². The molecule has 0 spiro atoms. The summed E-state index contributed by atoms with van der Waals surface area (Å²) in [6, 6.07) is 10.2. The van der Waals surface area contributed by atoms with Crippen LogP contribution in [-0.4, -0.2) is 45.6 Å². The minimum atomic E-state index is -4.52. The highest BCUT2D eigenvalue weighted by Crippen LogP contribution is 2.32. The van der Waals surface area contributed by atoms with Gasteiger partial charge in [-0.25, -0.2) is 9.50 Å². The smallest absolute Gasteiger partial charge is 0.433 e. The molecule has 1 amide bonds. The van der Waals surface area contributed by atoms with Crippen LogP contribution >= 0.6 is 0 Å². The number of halogens is 3. The Morgan fingerprint density at radius 2 is 2.03 bits per heavy atom. The predicted molar refractivity (Wildman–Crippen MR) is 108 cm³/mol. The van der Waals surface area contributed by atoms with E-state index in [9.17, 15) is 18.0 Å². The van der Waals surface area contributed by atoms with Gasteiger partial charge in [0.2, 0.25) is 5.91 Å². The third kappa shape index (κ3) is 4.35. The average Bonchev–Trinajstić information content (AvgIpc) is 3.38. The number of likely N-dealkylation sites (tertiary alicyclic amines) is 1. The maximum atomic E-state index is 13.4. The lowest BCUT2D eigenvalue weighted by molar-refractivity contribution is -0.142. The van der Waals surface area contributed by atoms with Crippen LogP contribution in [0.5, 0.6) is 5.75 Å². The third-order valence-electron chi connectivity index (χ3n) is 5.62. The molecule has 164 valence electrons. The lowest BCUT2D eigenvalue weighted by Gasteiger charge is -2.16. The van der Waals surface area contributed by atoms with Gasteiger partial charge < -0.3 is 9.64 Å². The number of fused-ring (bicyclic) bond motifs is 1. The van der Waals surface area contributed by atoms with E-state index in [1.165, 1.54) is 6.92 Å². The Kier molecular flexibility index (Phi) is 5.60. The van der Waals surface area contributed by atoms with Crippen molar-refractivity contribution in [2.24, 2.45) is 0 Å². The number of aromatic nitrogens is 3. The molecule has 0 aliphatic carbocycles. The Bertz CT molecular complexity index is 1110. The molecule has 4 rings (SSSR count). The standard InChI is InChI=1S/C22H23F3N4O2/c1-14-11-19(22(23,24)25)29-20(26-14)12-17(27-29)16-9-10-28(13-16)21(30)8-7-15-5-3-4-6-18(15)31-2/h3-6,11-12,16H,7-10,13H2,1-2H3/t16-/m0/s1. The predicted octanol–water partition coefficient (Wildman–Crippen LogP) is 4.01. The first kappa shape index (κ1) is 21.1. The van der Waals surface area contributed by atoms with Crippen molar-refractivity contribution in [3.63, 3.8) is 0 Å². The van der Waals surface area contributed by atoms with Crippen molar-refractivity contribution in [1.82, 2.24) is 19.5 Å². The molecule has 3 heterocycles. The molecule has 0 N–H and O–H groups in total. The second-order valence-electron chi connectivity index (χ2n) is 7.76. The van der Waals surface area contributed by atoms with Gasteiger partial charge in [-0.3, -0.25) is 4.79 Å². The van der Waals surface area contributed by atoms with E-state index in [2.05, 4.69) is 10.1 Å². The van der Waals surface area contributed by atoms with Gasteiger partial charge in [0.1, 0.15) is 11.4 Å². The van der Waals surface area contributed by atoms with Gasteiger partial charge in [-0.15, -0.1) is 0 Å². The fourth-order valence-corrected chi connectivity index (χ4v) is 4.06. The average molecular weight is 432 g/mol. The fraction of sp³-hybridized carbons (Fsp3) is 0.409. The highest BCUT2D eigenvalue weighted by Gasteiger charge is 2.36. The number of amides is 1. The summed E-state index contributed by atoms with van der Waals surface area (Å²) < 4.78 is 46.3. The van der Waals surface area contributed by atoms with Gasteiger partial charge in [-0.2, -0.15) is 18.3 Å². The van der Waals surface area contributed by atoms with E-state index in [0.29, 0.717) is 38.0 Å². The van der Waals surface area contributed by atoms with E-state index in [-0.39, 0.29) is 23.2 Å². The zero-order valence-electron chi connectivity index (χ0n) is 17.3. The summed E-state index contributed by atoms with van der Waals surface area (Å²) in [5, 5.41) is 4.19. The highest BCUT2D eigenvalue weighted by molar-refractivity contribution is 5.77. The maximum absolute atomic E-state index is 13.4. The number of carbonyl (C=O) groups excluding carboxylic acids is 1. The summed E-state index contributed by atoms with van der Waals surface area (Å²) in [4.78, 5) is 18.6. The molecule has 0 radical (unpaired) electrons. The third-order valence-corrected chi connectivity index (χ3v) is 5.62. The number of carbonyl (C=O) groups is 1. The van der Waals surface area contributed by atoms with Gasteiger partial charge >= 0.3 is 6.18 Å². The maximum Gasteiger partial charge on any atom is 0.433 e. The van der Waals surface area contributed by atoms with Crippen LogP contribution in [-0.2, 0) is 17.4 Å². The number of para-hydroxylation sites is 1. The SMILES string of the molecule is COc1ccccc1CCC(=O)N1CC[C@H](c2cc3nc(C)cc(C(F)(F)F)n3n2)C1. The van der Waals surface area contributed by atoms with Gasteiger partial charge in [0, 0.05) is 37.2 Å². The topological polar surface area (TPSA) is 59.7 Å². The molecule has 1 aliphatic rings. The number of alkyl halides is 3. The van der Waals surface area contributed by atoms with Gasteiger partial charge in [0.15, 0.2) is 5.65 Å². The molecule has 0 saturated carbocycles. The summed E-state index contributed by atoms with van der Waals surface area (Å²) in [5.74, 6) is 0.656. The number of hydrogen-bond acceptors (Lipinski definition) is 4. The Balaban J connectivity index is 1.46. The number of methoxy groups -OCH3 is 1. The molecule has 1 atom stereocenters. The van der Waals surface area contributed by atoms with Gasteiger partial charge in [-0.05, 0) is 37.5 Å². The molecule has 1 saturated heterocycles. The highest BCUT2D eigenvalue weighted by atomic mass is 19.4. The lowest BCUT2D eigenvalue weighted by Crippen LogP contribution is -2.28. The Morgan fingerprint density at radius 3 is 2.77 bits per heavy atom. The first-order valence-electron chi connectivity index (χ1n) is 10.1. The van der Waals surface area contributed by atoms with Gasteiger partial charge in [-0.1, -0.05) is 18.2 Å². The van der Waals surface area contributed by atoms with Crippen molar-refractivity contribution in [3.05, 3.63) is 59.0 Å². The molecule has 2 aromatic heterocycles. The molecule has 1 fully saturated rings. The van der Waals surface area contributed by atoms with E-state index in [1.54, 1.807) is 18.1 Å². The van der Waals surface area contributed by atoms with Crippen molar-refractivity contribution in [3.8, 4) is 5.75 Å². The molecule has 0 bridgehead atoms. The van der Waals surface area contributed by atoms with Crippen LogP contribution in [0, 0.1) is 6.92 Å². The first-order chi connectivity index (χ1) is 14.8. The van der Waals surface area contributed by atoms with E-state index in [4.69, 9.17) is 4.74 Å². The van der Waals surface area contributed by atoms with E-state index in [0.717, 1.165) is 21.9 Å². The lowest BCUT2D eigenvalue weighted by atomic mass is 10.1. The molecular formula is C22H23F3N4O2. The second kappa shape index (κ2) is 8.20. The summed E-state index contributed by atoms with van der Waals surface area (Å²) in [6.45, 7) is 2.52. The fourth-order valence-electron chi connectivity index (χ4n) is 4.06. The number of ether oxygens (including phenoxy) is 1. The number of nitrogens with zero attached hydrogens (tertiary/aromatic N) is 4. The molecule has 3 aromatic rings. The van der Waals surface area contributed by atoms with Crippen LogP contribution in [0.4, 0.5) is 13.2 Å². The van der Waals surface area contributed by atoms with Crippen molar-refractivity contribution in [2.45, 2.75) is 38.3 Å². The molecule has 1 aliphatic heterocycles. The number of hydrogen-bond donors (Lipinski definition) is 0. The van der Waals surface area contributed by atoms with Crippen molar-refractivity contribution in [2.75, 3.05) is 20.2 Å². The number of rotatable bonds is 5. The van der Waals surface area contributed by atoms with E-state index < -0.39 is 11.9 Å². The summed E-state index contributed by atoms with van der Waals surface area (Å²) in [6.07, 6.45) is -2.95. The normalized spacial score (nSPS) is 16.8. The summed E-state index contributed by atoms with van der Waals surface area (Å²) in [7, 11) is 1.60. The van der Waals surface area contributed by atoms with Crippen molar-refractivity contribution in [1.29, 1.82) is 0 Å². The van der Waals surface area contributed by atoms with Crippen LogP contribution in [0.1, 0.15) is 41.4 Å². The number of benzene rings is 1. The molecule has 31 heavy (non-hydrogen) atoms. The largest absolute Gasteiger partial charge is 0.496 e. The quantitative estimate of drug-likeness (QED) is 0.611. The van der Waals surface area contributed by atoms with Crippen LogP contribution in [0.2, 0.25) is 0 Å². The monoisotopic (exact) mass is 432 g/mol. The van der Waals surface area contributed by atoms with Gasteiger partial charge in [0.25, 0.3) is 0 Å². The number of aryl methyl sites for hydroxylation is 2. The first-order valence-corrected chi connectivity index (χ1v) is 10.1. The van der Waals surface area contributed by atoms with Crippen molar-refractivity contribution < 1.29 is 22.7 Å². The summed E-state index contributed by atoms with van der Waals surface area (Å²) >= 11 is 0. The zero-order chi connectivity index (χ0) is 22.2. The van der Waals surface area contributed by atoms with Crippen molar-refractivity contribution >= 4 is 11.6 Å².